The van der Waals surface area contributed by atoms with Gasteiger partial charge in [-0.1, -0.05) is 0 Å². The number of rotatable bonds is 3. The fourth-order valence-corrected chi connectivity index (χ4v) is 0.913. The maximum Gasteiger partial charge on any atom is 0.273 e. The van der Waals surface area contributed by atoms with E-state index in [1.807, 2.05) is 0 Å². The first-order valence-electron chi connectivity index (χ1n) is 3.48. The Morgan fingerprint density at radius 3 is 2.64 bits per heavy atom. The summed E-state index contributed by atoms with van der Waals surface area (Å²) in [6.07, 6.45) is 0. The van der Waals surface area contributed by atoms with Gasteiger partial charge in [-0.25, -0.2) is 0 Å². The summed E-state index contributed by atoms with van der Waals surface area (Å²) in [4.78, 5) is 9.87. The van der Waals surface area contributed by atoms with Crippen molar-refractivity contribution in [2.45, 2.75) is 0 Å². The highest BCUT2D eigenvalue weighted by atomic mass is 35.5. The van der Waals surface area contributed by atoms with Crippen molar-refractivity contribution in [2.75, 3.05) is 12.5 Å². The number of anilines is 1. The molecular formula is C7H10ClN3O3. The molecule has 6 nitrogen and oxygen atoms in total. The SMILES string of the molecule is COc1cc([N+](=O)[O-])ccc1NN.Cl. The van der Waals surface area contributed by atoms with E-state index in [0.717, 1.165) is 0 Å². The lowest BCUT2D eigenvalue weighted by molar-refractivity contribution is -0.384. The van der Waals surface area contributed by atoms with E-state index >= 15 is 0 Å². The quantitative estimate of drug-likeness (QED) is 0.454. The van der Waals surface area contributed by atoms with Crippen LogP contribution in [0.1, 0.15) is 0 Å². The number of halogens is 1. The number of non-ortho nitro benzene ring substituents is 1. The third-order valence-corrected chi connectivity index (χ3v) is 1.55. The van der Waals surface area contributed by atoms with Gasteiger partial charge in [0.25, 0.3) is 5.69 Å². The largest absolute Gasteiger partial charge is 0.494 e. The molecule has 0 radical (unpaired) electrons. The first kappa shape index (κ1) is 12.5. The topological polar surface area (TPSA) is 90.4 Å². The Kier molecular flexibility index (Phi) is 4.68. The molecule has 3 N–H and O–H groups in total. The average molecular weight is 220 g/mol. The highest BCUT2D eigenvalue weighted by Gasteiger charge is 2.09. The summed E-state index contributed by atoms with van der Waals surface area (Å²) >= 11 is 0. The maximum atomic E-state index is 10.4. The zero-order valence-electron chi connectivity index (χ0n) is 7.39. The number of nitrogens with zero attached hydrogens (tertiary/aromatic N) is 1. The van der Waals surface area contributed by atoms with Gasteiger partial charge in [0, 0.05) is 6.07 Å². The fraction of sp³-hybridized carbons (Fsp3) is 0.143. The van der Waals surface area contributed by atoms with E-state index in [4.69, 9.17) is 10.6 Å². The minimum Gasteiger partial charge on any atom is -0.494 e. The number of nitro groups is 1. The molecule has 78 valence electrons. The normalized spacial score (nSPS) is 8.71. The summed E-state index contributed by atoms with van der Waals surface area (Å²) < 4.78 is 4.88. The Morgan fingerprint density at radius 1 is 1.57 bits per heavy atom. The molecule has 0 aliphatic carbocycles. The van der Waals surface area contributed by atoms with E-state index in [0.29, 0.717) is 11.4 Å². The minimum absolute atomic E-state index is 0. The number of nitrogens with two attached hydrogens (primary N) is 1. The Balaban J connectivity index is 0.00000169. The molecule has 0 heterocycles. The Labute approximate surface area is 86.6 Å². The van der Waals surface area contributed by atoms with Crippen molar-refractivity contribution in [3.63, 3.8) is 0 Å². The van der Waals surface area contributed by atoms with Crippen LogP contribution in [0.25, 0.3) is 0 Å². The van der Waals surface area contributed by atoms with Crippen LogP contribution >= 0.6 is 12.4 Å². The number of ether oxygens (including phenoxy) is 1. The molecule has 0 amide bonds. The van der Waals surface area contributed by atoms with Gasteiger partial charge in [0.15, 0.2) is 0 Å². The number of benzene rings is 1. The second-order valence-corrected chi connectivity index (χ2v) is 2.29. The third-order valence-electron chi connectivity index (χ3n) is 1.55. The summed E-state index contributed by atoms with van der Waals surface area (Å²) in [5.41, 5.74) is 2.84. The highest BCUT2D eigenvalue weighted by molar-refractivity contribution is 5.85. The van der Waals surface area contributed by atoms with Crippen molar-refractivity contribution < 1.29 is 9.66 Å². The molecule has 1 aromatic carbocycles. The Morgan fingerprint density at radius 2 is 2.21 bits per heavy atom. The Bertz CT molecular complexity index is 332. The molecule has 0 aromatic heterocycles. The van der Waals surface area contributed by atoms with Crippen molar-refractivity contribution in [3.8, 4) is 5.75 Å². The van der Waals surface area contributed by atoms with Gasteiger partial charge >= 0.3 is 0 Å². The highest BCUT2D eigenvalue weighted by Crippen LogP contribution is 2.27. The van der Waals surface area contributed by atoms with Gasteiger partial charge < -0.3 is 10.2 Å². The van der Waals surface area contributed by atoms with Crippen LogP contribution in [0.4, 0.5) is 11.4 Å². The van der Waals surface area contributed by atoms with Crippen molar-refractivity contribution in [2.24, 2.45) is 5.84 Å². The molecule has 7 heteroatoms. The molecule has 0 bridgehead atoms. The van der Waals surface area contributed by atoms with E-state index in [-0.39, 0.29) is 18.1 Å². The van der Waals surface area contributed by atoms with E-state index in [1.165, 1.54) is 25.3 Å². The van der Waals surface area contributed by atoms with Crippen LogP contribution in [-0.4, -0.2) is 12.0 Å². The number of nitro benzene ring substituents is 1. The summed E-state index contributed by atoms with van der Waals surface area (Å²) in [5, 5.41) is 10.4. The predicted molar refractivity (Wildman–Crippen MR) is 54.7 cm³/mol. The molecule has 0 aliphatic heterocycles. The molecule has 0 saturated heterocycles. The number of methoxy groups -OCH3 is 1. The molecule has 0 fully saturated rings. The minimum atomic E-state index is -0.497. The fourth-order valence-electron chi connectivity index (χ4n) is 0.913. The zero-order chi connectivity index (χ0) is 9.84. The molecule has 0 spiro atoms. The van der Waals surface area contributed by atoms with Crippen molar-refractivity contribution in [1.82, 2.24) is 0 Å². The molecule has 0 aliphatic rings. The first-order valence-corrected chi connectivity index (χ1v) is 3.48. The summed E-state index contributed by atoms with van der Waals surface area (Å²) in [5.74, 6) is 5.50. The van der Waals surface area contributed by atoms with Gasteiger partial charge in [-0.05, 0) is 6.07 Å². The summed E-state index contributed by atoms with van der Waals surface area (Å²) in [7, 11) is 1.42. The summed E-state index contributed by atoms with van der Waals surface area (Å²) in [6, 6.07) is 4.13. The monoisotopic (exact) mass is 219 g/mol. The van der Waals surface area contributed by atoms with Crippen LogP contribution in [0.5, 0.6) is 5.75 Å². The van der Waals surface area contributed by atoms with E-state index in [1.54, 1.807) is 0 Å². The van der Waals surface area contributed by atoms with Crippen LogP contribution in [0.15, 0.2) is 18.2 Å². The molecule has 1 aromatic rings. The van der Waals surface area contributed by atoms with Crippen LogP contribution in [0.2, 0.25) is 0 Å². The van der Waals surface area contributed by atoms with Crippen LogP contribution in [0.3, 0.4) is 0 Å². The lowest BCUT2D eigenvalue weighted by atomic mass is 10.2. The average Bonchev–Trinajstić information content (AvgIpc) is 2.16. The molecule has 14 heavy (non-hydrogen) atoms. The third kappa shape index (κ3) is 2.48. The van der Waals surface area contributed by atoms with Crippen LogP contribution in [-0.2, 0) is 0 Å². The summed E-state index contributed by atoms with van der Waals surface area (Å²) in [6.45, 7) is 0. The van der Waals surface area contributed by atoms with Gasteiger partial charge in [-0.15, -0.1) is 12.4 Å². The molecular weight excluding hydrogens is 210 g/mol. The lowest BCUT2D eigenvalue weighted by Crippen LogP contribution is -2.08. The molecule has 0 unspecified atom stereocenters. The predicted octanol–water partition coefficient (Wildman–Crippen LogP) is 1.31. The van der Waals surface area contributed by atoms with Crippen LogP contribution in [0, 0.1) is 10.1 Å². The van der Waals surface area contributed by atoms with Crippen molar-refractivity contribution in [1.29, 1.82) is 0 Å². The lowest BCUT2D eigenvalue weighted by Gasteiger charge is -2.06. The van der Waals surface area contributed by atoms with Crippen molar-refractivity contribution in [3.05, 3.63) is 28.3 Å². The zero-order valence-corrected chi connectivity index (χ0v) is 8.21. The van der Waals surface area contributed by atoms with Gasteiger partial charge in [-0.3, -0.25) is 16.0 Å². The smallest absolute Gasteiger partial charge is 0.273 e. The van der Waals surface area contributed by atoms with E-state index in [9.17, 15) is 10.1 Å². The second kappa shape index (κ2) is 5.25. The van der Waals surface area contributed by atoms with Crippen molar-refractivity contribution >= 4 is 23.8 Å². The van der Waals surface area contributed by atoms with Gasteiger partial charge in [0.1, 0.15) is 5.75 Å². The number of hydrazine groups is 1. The standard InChI is InChI=1S/C7H9N3O3.ClH/c1-13-7-4-5(10(11)12)2-3-6(7)9-8;/h2-4,9H,8H2,1H3;1H. The molecule has 0 saturated carbocycles. The number of hydrogen-bond donors (Lipinski definition) is 2. The maximum absolute atomic E-state index is 10.4. The number of hydrogen-bond acceptors (Lipinski definition) is 5. The van der Waals surface area contributed by atoms with E-state index < -0.39 is 4.92 Å². The van der Waals surface area contributed by atoms with Crippen LogP contribution < -0.4 is 16.0 Å². The second-order valence-electron chi connectivity index (χ2n) is 2.29. The Hall–Kier alpha value is -1.53. The first-order chi connectivity index (χ1) is 6.19. The van der Waals surface area contributed by atoms with E-state index in [2.05, 4.69) is 5.43 Å². The molecule has 0 atom stereocenters. The number of nitrogen functional groups attached to an aromatic ring is 1. The van der Waals surface area contributed by atoms with Gasteiger partial charge in [0.05, 0.1) is 23.8 Å². The van der Waals surface area contributed by atoms with Gasteiger partial charge in [-0.2, -0.15) is 0 Å². The number of nitrogens with one attached hydrogen (secondary N) is 1. The molecule has 1 rings (SSSR count). The van der Waals surface area contributed by atoms with Gasteiger partial charge in [0.2, 0.25) is 0 Å².